The summed E-state index contributed by atoms with van der Waals surface area (Å²) in [6, 6.07) is 7.32. The molecular weight excluding hydrogens is 442 g/mol. The Hall–Kier alpha value is -2.71. The Morgan fingerprint density at radius 1 is 1.18 bits per heavy atom. The average molecular weight is 458 g/mol. The van der Waals surface area contributed by atoms with Crippen LogP contribution in [0.4, 0.5) is 0 Å². The summed E-state index contributed by atoms with van der Waals surface area (Å²) >= 11 is 4.61. The van der Waals surface area contributed by atoms with Gasteiger partial charge in [0.2, 0.25) is 0 Å². The van der Waals surface area contributed by atoms with Gasteiger partial charge in [-0.15, -0.1) is 0 Å². The molecule has 28 heavy (non-hydrogen) atoms. The third-order valence-corrected chi connectivity index (χ3v) is 5.84. The van der Waals surface area contributed by atoms with Gasteiger partial charge in [-0.25, -0.2) is 4.98 Å². The van der Waals surface area contributed by atoms with Crippen LogP contribution in [0.5, 0.6) is 11.5 Å². The third-order valence-electron chi connectivity index (χ3n) is 4.25. The number of phenols is 1. The number of aryl methyl sites for hydroxylation is 2. The molecule has 0 aliphatic carbocycles. The lowest BCUT2D eigenvalue weighted by molar-refractivity contribution is 0.372. The van der Waals surface area contributed by atoms with Crippen molar-refractivity contribution in [1.82, 2.24) is 14.4 Å². The van der Waals surface area contributed by atoms with E-state index in [0.717, 1.165) is 28.2 Å². The summed E-state index contributed by atoms with van der Waals surface area (Å²) in [6.07, 6.45) is 3.52. The fourth-order valence-electron chi connectivity index (χ4n) is 3.04. The second kappa shape index (κ2) is 7.03. The highest BCUT2D eigenvalue weighted by Gasteiger charge is 2.12. The molecule has 0 aliphatic rings. The number of aromatic nitrogens is 3. The maximum atomic E-state index is 12.8. The highest BCUT2D eigenvalue weighted by atomic mass is 79.9. The highest BCUT2D eigenvalue weighted by molar-refractivity contribution is 9.10. The minimum Gasteiger partial charge on any atom is -0.503 e. The first kappa shape index (κ1) is 18.6. The summed E-state index contributed by atoms with van der Waals surface area (Å²) in [5.74, 6) is 0.357. The number of thiazole rings is 1. The van der Waals surface area contributed by atoms with E-state index in [9.17, 15) is 9.90 Å². The monoisotopic (exact) mass is 457 g/mol. The van der Waals surface area contributed by atoms with Gasteiger partial charge in [-0.3, -0.25) is 14.2 Å². The largest absolute Gasteiger partial charge is 0.503 e. The average Bonchev–Trinajstić information content (AvgIpc) is 3.17. The molecule has 142 valence electrons. The van der Waals surface area contributed by atoms with Crippen LogP contribution >= 0.6 is 27.3 Å². The maximum Gasteiger partial charge on any atom is 0.274 e. The fourth-order valence-corrected chi connectivity index (χ4v) is 4.45. The van der Waals surface area contributed by atoms with Crippen LogP contribution in [0.1, 0.15) is 17.0 Å². The van der Waals surface area contributed by atoms with Gasteiger partial charge in [0, 0.05) is 23.1 Å². The standard InChI is InChI=1S/C20H16BrN3O3S/c1-10-4-13(5-11(2)22-10)15-9-24-19(26)17(28-20(24)23-15)8-12-6-14(21)18(25)16(7-12)27-3/h4-9,25H,1-3H3. The minimum atomic E-state index is -0.135. The molecule has 1 aromatic carbocycles. The topological polar surface area (TPSA) is 76.7 Å². The molecule has 0 aliphatic heterocycles. The number of methoxy groups -OCH3 is 1. The van der Waals surface area contributed by atoms with Crippen molar-refractivity contribution in [2.45, 2.75) is 13.8 Å². The Morgan fingerprint density at radius 2 is 1.89 bits per heavy atom. The molecule has 3 aromatic heterocycles. The number of phenolic OH excluding ortho intramolecular Hbond substituents is 1. The van der Waals surface area contributed by atoms with Crippen LogP contribution in [0.3, 0.4) is 0 Å². The molecule has 1 N–H and O–H groups in total. The number of hydrogen-bond donors (Lipinski definition) is 1. The van der Waals surface area contributed by atoms with Crippen LogP contribution in [0, 0.1) is 13.8 Å². The Balaban J connectivity index is 1.82. The van der Waals surface area contributed by atoms with E-state index in [0.29, 0.717) is 19.7 Å². The van der Waals surface area contributed by atoms with E-state index < -0.39 is 0 Å². The van der Waals surface area contributed by atoms with Gasteiger partial charge < -0.3 is 9.84 Å². The van der Waals surface area contributed by atoms with Crippen LogP contribution in [0.15, 0.2) is 39.7 Å². The summed E-state index contributed by atoms with van der Waals surface area (Å²) in [7, 11) is 1.48. The predicted octanol–water partition coefficient (Wildman–Crippen LogP) is 3.46. The Labute approximate surface area is 172 Å². The van der Waals surface area contributed by atoms with Crippen molar-refractivity contribution in [3.63, 3.8) is 0 Å². The summed E-state index contributed by atoms with van der Waals surface area (Å²) in [5.41, 5.74) is 4.12. The van der Waals surface area contributed by atoms with E-state index in [1.807, 2.05) is 26.0 Å². The predicted molar refractivity (Wildman–Crippen MR) is 113 cm³/mol. The molecule has 0 radical (unpaired) electrons. The summed E-state index contributed by atoms with van der Waals surface area (Å²) in [5, 5.41) is 9.94. The van der Waals surface area contributed by atoms with Crippen LogP contribution in [0.2, 0.25) is 0 Å². The van der Waals surface area contributed by atoms with Crippen molar-refractivity contribution < 1.29 is 9.84 Å². The van der Waals surface area contributed by atoms with Crippen molar-refractivity contribution in [1.29, 1.82) is 0 Å². The molecule has 4 rings (SSSR count). The zero-order chi connectivity index (χ0) is 20.0. The molecule has 0 bridgehead atoms. The van der Waals surface area contributed by atoms with Crippen molar-refractivity contribution >= 4 is 38.3 Å². The molecule has 0 fully saturated rings. The first-order valence-electron chi connectivity index (χ1n) is 8.41. The minimum absolute atomic E-state index is 0.0237. The van der Waals surface area contributed by atoms with Gasteiger partial charge in [-0.2, -0.15) is 0 Å². The molecule has 8 heteroatoms. The molecule has 6 nitrogen and oxygen atoms in total. The number of hydrogen-bond acceptors (Lipinski definition) is 6. The van der Waals surface area contributed by atoms with E-state index in [2.05, 4.69) is 25.9 Å². The highest BCUT2D eigenvalue weighted by Crippen LogP contribution is 2.35. The SMILES string of the molecule is COc1cc(C=c2sc3nc(-c4cc(C)nc(C)c4)cn3c2=O)cc(Br)c1O. The Bertz CT molecular complexity index is 1310. The van der Waals surface area contributed by atoms with Gasteiger partial charge in [-0.05, 0) is 65.7 Å². The van der Waals surface area contributed by atoms with Crippen LogP contribution in [-0.2, 0) is 0 Å². The smallest absolute Gasteiger partial charge is 0.274 e. The van der Waals surface area contributed by atoms with Crippen molar-refractivity contribution in [3.05, 3.63) is 66.8 Å². The van der Waals surface area contributed by atoms with E-state index in [1.54, 1.807) is 28.8 Å². The second-order valence-electron chi connectivity index (χ2n) is 6.39. The molecule has 0 saturated heterocycles. The Morgan fingerprint density at radius 3 is 2.54 bits per heavy atom. The lowest BCUT2D eigenvalue weighted by Gasteiger charge is -2.06. The summed E-state index contributed by atoms with van der Waals surface area (Å²) in [6.45, 7) is 3.87. The number of aromatic hydroxyl groups is 1. The quantitative estimate of drug-likeness (QED) is 0.509. The molecule has 3 heterocycles. The number of imidazole rings is 1. The number of pyridine rings is 1. The van der Waals surface area contributed by atoms with E-state index in [4.69, 9.17) is 4.74 Å². The van der Waals surface area contributed by atoms with E-state index in [1.165, 1.54) is 18.4 Å². The number of nitrogens with zero attached hydrogens (tertiary/aromatic N) is 3. The lowest BCUT2D eigenvalue weighted by Crippen LogP contribution is -2.22. The Kier molecular flexibility index (Phi) is 4.68. The number of rotatable bonds is 3. The molecule has 0 atom stereocenters. The zero-order valence-corrected chi connectivity index (χ0v) is 17.8. The molecule has 0 unspecified atom stereocenters. The summed E-state index contributed by atoms with van der Waals surface area (Å²) < 4.78 is 7.77. The van der Waals surface area contributed by atoms with Gasteiger partial charge in [0.25, 0.3) is 5.56 Å². The first-order chi connectivity index (χ1) is 13.4. The van der Waals surface area contributed by atoms with Gasteiger partial charge >= 0.3 is 0 Å². The first-order valence-corrected chi connectivity index (χ1v) is 10.0. The molecule has 4 aromatic rings. The fraction of sp³-hybridized carbons (Fsp3) is 0.150. The number of halogens is 1. The second-order valence-corrected chi connectivity index (χ2v) is 8.25. The van der Waals surface area contributed by atoms with Crippen LogP contribution < -0.4 is 14.8 Å². The molecular formula is C20H16BrN3O3S. The van der Waals surface area contributed by atoms with Crippen molar-refractivity contribution in [3.8, 4) is 22.8 Å². The summed E-state index contributed by atoms with van der Waals surface area (Å²) in [4.78, 5) is 22.4. The molecule has 0 saturated carbocycles. The lowest BCUT2D eigenvalue weighted by atomic mass is 10.1. The van der Waals surface area contributed by atoms with Crippen LogP contribution in [0.25, 0.3) is 22.3 Å². The van der Waals surface area contributed by atoms with Crippen LogP contribution in [-0.4, -0.2) is 26.6 Å². The maximum absolute atomic E-state index is 12.8. The van der Waals surface area contributed by atoms with Gasteiger partial charge in [-0.1, -0.05) is 11.3 Å². The van der Waals surface area contributed by atoms with Crippen molar-refractivity contribution in [2.24, 2.45) is 0 Å². The molecule has 0 amide bonds. The van der Waals surface area contributed by atoms with Gasteiger partial charge in [0.15, 0.2) is 16.5 Å². The molecule has 0 spiro atoms. The van der Waals surface area contributed by atoms with E-state index in [-0.39, 0.29) is 11.3 Å². The van der Waals surface area contributed by atoms with Gasteiger partial charge in [0.1, 0.15) is 0 Å². The van der Waals surface area contributed by atoms with Gasteiger partial charge in [0.05, 0.1) is 21.8 Å². The number of fused-ring (bicyclic) bond motifs is 1. The zero-order valence-electron chi connectivity index (χ0n) is 15.4. The van der Waals surface area contributed by atoms with E-state index >= 15 is 0 Å². The number of ether oxygens (including phenoxy) is 1. The third kappa shape index (κ3) is 3.29. The van der Waals surface area contributed by atoms with Crippen molar-refractivity contribution in [2.75, 3.05) is 7.11 Å². The number of benzene rings is 1. The normalized spacial score (nSPS) is 12.1.